The predicted molar refractivity (Wildman–Crippen MR) is 84.4 cm³/mol. The molecule has 0 atom stereocenters. The van der Waals surface area contributed by atoms with Gasteiger partial charge in [-0.3, -0.25) is 0 Å². The Morgan fingerprint density at radius 3 is 3.00 bits per heavy atom. The van der Waals surface area contributed by atoms with Gasteiger partial charge in [-0.1, -0.05) is 5.21 Å². The van der Waals surface area contributed by atoms with Crippen molar-refractivity contribution in [3.05, 3.63) is 33.7 Å². The van der Waals surface area contributed by atoms with Crippen molar-refractivity contribution in [3.63, 3.8) is 0 Å². The molecule has 7 heteroatoms. The Morgan fingerprint density at radius 2 is 2.24 bits per heavy atom. The topological polar surface area (TPSA) is 52.8 Å². The summed E-state index contributed by atoms with van der Waals surface area (Å²) >= 11 is 5.01. The van der Waals surface area contributed by atoms with Crippen molar-refractivity contribution in [3.8, 4) is 5.75 Å². The summed E-state index contributed by atoms with van der Waals surface area (Å²) in [6, 6.07) is 5.95. The highest BCUT2D eigenvalue weighted by Gasteiger charge is 2.23. The summed E-state index contributed by atoms with van der Waals surface area (Å²) in [5, 5.41) is 10.5. The monoisotopic (exact) mass is 364 g/mol. The lowest BCUT2D eigenvalue weighted by atomic mass is 10.3. The van der Waals surface area contributed by atoms with Crippen LogP contribution >= 0.6 is 27.5 Å². The number of aromatic nitrogens is 4. The minimum atomic E-state index is 0.462. The van der Waals surface area contributed by atoms with Crippen molar-refractivity contribution < 1.29 is 4.74 Å². The lowest BCUT2D eigenvalue weighted by Crippen LogP contribution is -2.01. The van der Waals surface area contributed by atoms with Crippen LogP contribution in [-0.2, 0) is 13.2 Å². The van der Waals surface area contributed by atoms with Crippen LogP contribution in [0.4, 0.5) is 0 Å². The molecule has 4 rings (SSSR count). The third kappa shape index (κ3) is 2.67. The highest BCUT2D eigenvalue weighted by atomic mass is 79.9. The van der Waals surface area contributed by atoms with Crippen molar-refractivity contribution in [2.45, 2.75) is 26.0 Å². The van der Waals surface area contributed by atoms with Crippen molar-refractivity contribution in [2.75, 3.05) is 0 Å². The van der Waals surface area contributed by atoms with Gasteiger partial charge in [-0.25, -0.2) is 4.68 Å². The number of hydrogen-bond donors (Lipinski definition) is 0. The predicted octanol–water partition coefficient (Wildman–Crippen LogP) is 3.64. The fraction of sp³-hybridized carbons (Fsp3) is 0.357. The Morgan fingerprint density at radius 1 is 1.33 bits per heavy atom. The summed E-state index contributed by atoms with van der Waals surface area (Å²) in [5.74, 6) is 1.54. The second kappa shape index (κ2) is 5.38. The van der Waals surface area contributed by atoms with Gasteiger partial charge in [-0.15, -0.1) is 5.10 Å². The van der Waals surface area contributed by atoms with Crippen LogP contribution < -0.4 is 4.74 Å². The summed E-state index contributed by atoms with van der Waals surface area (Å²) in [6.07, 6.45) is 2.61. The third-order valence-corrected chi connectivity index (χ3v) is 4.95. The van der Waals surface area contributed by atoms with Crippen molar-refractivity contribution in [1.29, 1.82) is 0 Å². The fourth-order valence-corrected chi connectivity index (χ4v) is 3.30. The molecular weight excluding hydrogens is 352 g/mol. The lowest BCUT2D eigenvalue weighted by Gasteiger charge is -2.07. The zero-order valence-corrected chi connectivity index (χ0v) is 13.6. The van der Waals surface area contributed by atoms with E-state index in [9.17, 15) is 0 Å². The van der Waals surface area contributed by atoms with E-state index in [1.165, 1.54) is 24.4 Å². The maximum atomic E-state index is 5.81. The van der Waals surface area contributed by atoms with Crippen molar-refractivity contribution in [1.82, 2.24) is 19.4 Å². The Bertz CT molecular complexity index is 767. The number of nitrogens with zero attached hydrogens (tertiary/aromatic N) is 4. The largest absolute Gasteiger partial charge is 0.486 e. The first-order chi connectivity index (χ1) is 10.3. The molecule has 0 bridgehead atoms. The SMILES string of the molecule is Brc1c(OCc2ccsn2)ccc2c1nnn2CC1CC1. The molecule has 21 heavy (non-hydrogen) atoms. The van der Waals surface area contributed by atoms with E-state index < -0.39 is 0 Å². The zero-order valence-electron chi connectivity index (χ0n) is 11.2. The molecule has 1 fully saturated rings. The smallest absolute Gasteiger partial charge is 0.136 e. The molecule has 0 spiro atoms. The number of fused-ring (bicyclic) bond motifs is 1. The first-order valence-electron chi connectivity index (χ1n) is 6.85. The maximum absolute atomic E-state index is 5.81. The minimum Gasteiger partial charge on any atom is -0.486 e. The van der Waals surface area contributed by atoms with E-state index in [0.29, 0.717) is 6.61 Å². The molecule has 0 radical (unpaired) electrons. The molecule has 1 saturated carbocycles. The molecule has 2 heterocycles. The second-order valence-corrected chi connectivity index (χ2v) is 6.70. The minimum absolute atomic E-state index is 0.462. The van der Waals surface area contributed by atoms with E-state index >= 15 is 0 Å². The summed E-state index contributed by atoms with van der Waals surface area (Å²) in [4.78, 5) is 0. The van der Waals surface area contributed by atoms with E-state index in [4.69, 9.17) is 4.74 Å². The molecule has 0 unspecified atom stereocenters. The van der Waals surface area contributed by atoms with Gasteiger partial charge in [-0.2, -0.15) is 4.37 Å². The Hall–Kier alpha value is -1.47. The van der Waals surface area contributed by atoms with Gasteiger partial charge in [0.25, 0.3) is 0 Å². The Kier molecular flexibility index (Phi) is 3.39. The van der Waals surface area contributed by atoms with Crippen LogP contribution in [0, 0.1) is 5.92 Å². The molecule has 0 N–H and O–H groups in total. The molecule has 0 amide bonds. The van der Waals surface area contributed by atoms with Crippen LogP contribution in [0.25, 0.3) is 11.0 Å². The second-order valence-electron chi connectivity index (χ2n) is 5.24. The van der Waals surface area contributed by atoms with Gasteiger partial charge in [-0.05, 0) is 64.4 Å². The average Bonchev–Trinajstić information content (AvgIpc) is 2.99. The van der Waals surface area contributed by atoms with Gasteiger partial charge in [0, 0.05) is 11.9 Å². The first-order valence-corrected chi connectivity index (χ1v) is 8.48. The molecule has 5 nitrogen and oxygen atoms in total. The quantitative estimate of drug-likeness (QED) is 0.693. The highest BCUT2D eigenvalue weighted by molar-refractivity contribution is 9.10. The van der Waals surface area contributed by atoms with E-state index in [0.717, 1.165) is 39.4 Å². The molecule has 1 aromatic carbocycles. The van der Waals surface area contributed by atoms with E-state index in [1.807, 2.05) is 28.3 Å². The van der Waals surface area contributed by atoms with Gasteiger partial charge in [0.15, 0.2) is 0 Å². The summed E-state index contributed by atoms with van der Waals surface area (Å²) in [7, 11) is 0. The molecular formula is C14H13BrN4OS. The van der Waals surface area contributed by atoms with Gasteiger partial charge in [0.05, 0.1) is 15.7 Å². The van der Waals surface area contributed by atoms with E-state index in [1.54, 1.807) is 0 Å². The third-order valence-electron chi connectivity index (χ3n) is 3.59. The standard InChI is InChI=1S/C14H13BrN4OS/c15-13-12(20-8-10-5-6-21-17-10)4-3-11-14(13)16-18-19(11)7-9-1-2-9/h3-6,9H,1-2,7-8H2. The van der Waals surface area contributed by atoms with E-state index in [2.05, 4.69) is 30.6 Å². The van der Waals surface area contributed by atoms with Crippen LogP contribution in [0.3, 0.4) is 0 Å². The molecule has 2 aromatic heterocycles. The van der Waals surface area contributed by atoms with Gasteiger partial charge in [0.2, 0.25) is 0 Å². The molecule has 1 aliphatic rings. The maximum Gasteiger partial charge on any atom is 0.136 e. The number of ether oxygens (including phenoxy) is 1. The van der Waals surface area contributed by atoms with Crippen molar-refractivity contribution in [2.24, 2.45) is 5.92 Å². The normalized spacial score (nSPS) is 14.7. The van der Waals surface area contributed by atoms with E-state index in [-0.39, 0.29) is 0 Å². The molecule has 1 aliphatic carbocycles. The Labute approximate surface area is 134 Å². The molecule has 108 valence electrons. The molecule has 3 aromatic rings. The highest BCUT2D eigenvalue weighted by Crippen LogP contribution is 2.35. The number of benzene rings is 1. The van der Waals surface area contributed by atoms with Crippen LogP contribution in [0.2, 0.25) is 0 Å². The molecule has 0 saturated heterocycles. The lowest BCUT2D eigenvalue weighted by molar-refractivity contribution is 0.301. The van der Waals surface area contributed by atoms with Gasteiger partial charge in [0.1, 0.15) is 17.9 Å². The van der Waals surface area contributed by atoms with Gasteiger partial charge >= 0.3 is 0 Å². The first kappa shape index (κ1) is 13.2. The fourth-order valence-electron chi connectivity index (χ4n) is 2.24. The number of rotatable bonds is 5. The van der Waals surface area contributed by atoms with Crippen LogP contribution in [0.1, 0.15) is 18.5 Å². The van der Waals surface area contributed by atoms with Crippen LogP contribution in [0.15, 0.2) is 28.1 Å². The number of halogens is 1. The summed E-state index contributed by atoms with van der Waals surface area (Å²) in [6.45, 7) is 1.42. The Balaban J connectivity index is 1.60. The number of hydrogen-bond acceptors (Lipinski definition) is 5. The summed E-state index contributed by atoms with van der Waals surface area (Å²) < 4.78 is 12.9. The average molecular weight is 365 g/mol. The zero-order chi connectivity index (χ0) is 14.2. The summed E-state index contributed by atoms with van der Waals surface area (Å²) in [5.41, 5.74) is 2.84. The van der Waals surface area contributed by atoms with Crippen molar-refractivity contribution >= 4 is 38.5 Å². The van der Waals surface area contributed by atoms with Gasteiger partial charge < -0.3 is 4.74 Å². The van der Waals surface area contributed by atoms with Crippen LogP contribution in [0.5, 0.6) is 5.75 Å². The van der Waals surface area contributed by atoms with Crippen LogP contribution in [-0.4, -0.2) is 19.4 Å². The molecule has 0 aliphatic heterocycles.